The Labute approximate surface area is 187 Å². The Morgan fingerprint density at radius 1 is 1.03 bits per heavy atom. The largest absolute Gasteiger partial charge is 0.386 e. The van der Waals surface area contributed by atoms with Crippen LogP contribution in [-0.4, -0.2) is 50.5 Å². The van der Waals surface area contributed by atoms with Crippen molar-refractivity contribution >= 4 is 0 Å². The van der Waals surface area contributed by atoms with Crippen LogP contribution < -0.4 is 26.6 Å². The summed E-state index contributed by atoms with van der Waals surface area (Å²) in [5.41, 5.74) is 1.37. The molecule has 0 aromatic rings. The van der Waals surface area contributed by atoms with Crippen LogP contribution in [0.5, 0.6) is 0 Å². The van der Waals surface area contributed by atoms with E-state index >= 15 is 0 Å². The van der Waals surface area contributed by atoms with E-state index in [9.17, 15) is 4.39 Å². The van der Waals surface area contributed by atoms with Gasteiger partial charge in [-0.05, 0) is 76.5 Å². The van der Waals surface area contributed by atoms with E-state index in [0.717, 1.165) is 31.7 Å². The molecule has 176 valence electrons. The van der Waals surface area contributed by atoms with Crippen molar-refractivity contribution in [3.63, 3.8) is 0 Å². The first-order valence-corrected chi connectivity index (χ1v) is 12.4. The van der Waals surface area contributed by atoms with Crippen molar-refractivity contribution in [2.24, 2.45) is 11.8 Å². The summed E-state index contributed by atoms with van der Waals surface area (Å²) in [5.74, 6) is 1.47. The Hall–Kier alpha value is -1.15. The first-order chi connectivity index (χ1) is 15.1. The highest BCUT2D eigenvalue weighted by molar-refractivity contribution is 5.14. The van der Waals surface area contributed by atoms with Crippen LogP contribution in [-0.2, 0) is 4.74 Å². The Balaban J connectivity index is 1.38. The van der Waals surface area contributed by atoms with E-state index in [1.807, 2.05) is 19.5 Å². The minimum atomic E-state index is -0.658. The number of hydrogen-bond acceptors (Lipinski definition) is 6. The molecule has 2 fully saturated rings. The van der Waals surface area contributed by atoms with Gasteiger partial charge in [0.1, 0.15) is 6.17 Å². The average Bonchev–Trinajstić information content (AvgIpc) is 2.80. The lowest BCUT2D eigenvalue weighted by Gasteiger charge is -2.44. The van der Waals surface area contributed by atoms with Crippen LogP contribution in [0.1, 0.15) is 64.7 Å². The molecule has 2 heterocycles. The summed E-state index contributed by atoms with van der Waals surface area (Å²) in [4.78, 5) is 0. The molecule has 0 bridgehead atoms. The summed E-state index contributed by atoms with van der Waals surface area (Å²) in [5, 5.41) is 18.2. The summed E-state index contributed by atoms with van der Waals surface area (Å²) in [7, 11) is 1.85. The zero-order valence-electron chi connectivity index (χ0n) is 19.2. The second-order valence-electron chi connectivity index (χ2n) is 9.94. The van der Waals surface area contributed by atoms with Crippen LogP contribution in [0.3, 0.4) is 0 Å². The van der Waals surface area contributed by atoms with Gasteiger partial charge < -0.3 is 15.4 Å². The monoisotopic (exact) mass is 435 g/mol. The van der Waals surface area contributed by atoms with Crippen LogP contribution in [0, 0.1) is 11.8 Å². The number of nitrogens with one attached hydrogen (secondary N) is 5. The predicted molar refractivity (Wildman–Crippen MR) is 123 cm³/mol. The van der Waals surface area contributed by atoms with Gasteiger partial charge in [-0.2, -0.15) is 0 Å². The number of ether oxygens (including phenoxy) is 1. The molecule has 7 heteroatoms. The number of halogens is 1. The zero-order valence-corrected chi connectivity index (χ0v) is 19.2. The third kappa shape index (κ3) is 6.44. The van der Waals surface area contributed by atoms with E-state index in [2.05, 4.69) is 39.6 Å². The van der Waals surface area contributed by atoms with Crippen molar-refractivity contribution in [1.82, 2.24) is 26.6 Å². The third-order valence-electron chi connectivity index (χ3n) is 7.81. The highest BCUT2D eigenvalue weighted by atomic mass is 19.1. The van der Waals surface area contributed by atoms with Gasteiger partial charge in [0.25, 0.3) is 0 Å². The van der Waals surface area contributed by atoms with Gasteiger partial charge in [0.2, 0.25) is 0 Å². The quantitative estimate of drug-likeness (QED) is 0.396. The molecule has 4 rings (SSSR count). The number of allylic oxidation sites excluding steroid dienone is 1. The first-order valence-electron chi connectivity index (χ1n) is 12.4. The fourth-order valence-electron chi connectivity index (χ4n) is 5.94. The van der Waals surface area contributed by atoms with Gasteiger partial charge in [-0.25, -0.2) is 4.39 Å². The van der Waals surface area contributed by atoms with Crippen LogP contribution in [0.2, 0.25) is 0 Å². The molecule has 0 amide bonds. The molecule has 0 aromatic heterocycles. The maximum atomic E-state index is 13.6. The molecule has 5 N–H and O–H groups in total. The third-order valence-corrected chi connectivity index (χ3v) is 7.81. The number of piperidine rings is 1. The van der Waals surface area contributed by atoms with Gasteiger partial charge in [-0.1, -0.05) is 11.6 Å². The van der Waals surface area contributed by atoms with Crippen LogP contribution in [0.15, 0.2) is 24.0 Å². The molecule has 6 atom stereocenters. The molecule has 2 aliphatic carbocycles. The highest BCUT2D eigenvalue weighted by Gasteiger charge is 2.36. The second kappa shape index (κ2) is 11.1. The number of rotatable bonds is 7. The van der Waals surface area contributed by atoms with Crippen molar-refractivity contribution in [3.8, 4) is 0 Å². The standard InChI is InChI=1S/C24H42FN5O/c1-16(17-3-7-20(25)8-4-17)28-22-13-19(18-5-9-21(31-2)10-6-18)14-23(29-22)30-24-15-26-11-12-27-24/h3,11-12,16,18-24,26-30H,4-10,13-15H2,1-2H3/t16-,18?,19?,20+,21?,22?,23?,24-/m0/s1. The fourth-order valence-corrected chi connectivity index (χ4v) is 5.94. The maximum absolute atomic E-state index is 13.6. The second-order valence-corrected chi connectivity index (χ2v) is 9.94. The number of alkyl halides is 1. The van der Waals surface area contributed by atoms with E-state index in [-0.39, 0.29) is 24.5 Å². The molecule has 0 aromatic carbocycles. The van der Waals surface area contributed by atoms with E-state index in [1.54, 1.807) is 0 Å². The molecule has 0 spiro atoms. The molecular formula is C24H42FN5O. The topological polar surface area (TPSA) is 69.4 Å². The van der Waals surface area contributed by atoms with Gasteiger partial charge in [0, 0.05) is 32.1 Å². The van der Waals surface area contributed by atoms with Gasteiger partial charge >= 0.3 is 0 Å². The van der Waals surface area contributed by atoms with Crippen LogP contribution in [0.25, 0.3) is 0 Å². The number of hydrogen-bond donors (Lipinski definition) is 5. The Bertz CT molecular complexity index is 621. The Morgan fingerprint density at radius 3 is 2.52 bits per heavy atom. The van der Waals surface area contributed by atoms with Gasteiger partial charge in [-0.15, -0.1) is 0 Å². The summed E-state index contributed by atoms with van der Waals surface area (Å²) >= 11 is 0. The van der Waals surface area contributed by atoms with E-state index in [0.29, 0.717) is 24.9 Å². The fraction of sp³-hybridized carbons (Fsp3) is 0.833. The molecule has 31 heavy (non-hydrogen) atoms. The van der Waals surface area contributed by atoms with Crippen molar-refractivity contribution in [1.29, 1.82) is 0 Å². The minimum Gasteiger partial charge on any atom is -0.386 e. The predicted octanol–water partition coefficient (Wildman–Crippen LogP) is 2.85. The van der Waals surface area contributed by atoms with Crippen molar-refractivity contribution < 1.29 is 9.13 Å². The highest BCUT2D eigenvalue weighted by Crippen LogP contribution is 2.37. The SMILES string of the molecule is COC1CCC(C2CC(N[C@H]3CNC=CN3)NC(N[C@@H](C)C3=CC[C@@H](F)CC3)C2)CC1. The lowest BCUT2D eigenvalue weighted by atomic mass is 9.74. The average molecular weight is 436 g/mol. The lowest BCUT2D eigenvalue weighted by molar-refractivity contribution is 0.0327. The Morgan fingerprint density at radius 2 is 1.84 bits per heavy atom. The van der Waals surface area contributed by atoms with Crippen LogP contribution in [0.4, 0.5) is 4.39 Å². The van der Waals surface area contributed by atoms with Gasteiger partial charge in [0.05, 0.1) is 24.6 Å². The first kappa shape index (κ1) is 23.0. The molecular weight excluding hydrogens is 393 g/mol. The van der Waals surface area contributed by atoms with Gasteiger partial charge in [0.15, 0.2) is 0 Å². The van der Waals surface area contributed by atoms with Gasteiger partial charge in [-0.3, -0.25) is 16.0 Å². The summed E-state index contributed by atoms with van der Waals surface area (Å²) in [6.45, 7) is 3.11. The van der Waals surface area contributed by atoms with Crippen LogP contribution >= 0.6 is 0 Å². The summed E-state index contributed by atoms with van der Waals surface area (Å²) < 4.78 is 19.2. The smallest absolute Gasteiger partial charge is 0.104 e. The van der Waals surface area contributed by atoms with Crippen molar-refractivity contribution in [2.45, 2.75) is 102 Å². The summed E-state index contributed by atoms with van der Waals surface area (Å²) in [6, 6.07) is 0.283. The lowest BCUT2D eigenvalue weighted by Crippen LogP contribution is -2.64. The summed E-state index contributed by atoms with van der Waals surface area (Å²) in [6.07, 6.45) is 15.9. The van der Waals surface area contributed by atoms with E-state index in [4.69, 9.17) is 4.74 Å². The Kier molecular flexibility index (Phi) is 8.26. The molecule has 6 nitrogen and oxygen atoms in total. The molecule has 1 saturated heterocycles. The van der Waals surface area contributed by atoms with Crippen molar-refractivity contribution in [2.75, 3.05) is 13.7 Å². The number of methoxy groups -OCH3 is 1. The normalized spacial score (nSPS) is 39.8. The van der Waals surface area contributed by atoms with E-state index in [1.165, 1.54) is 31.3 Å². The molecule has 0 radical (unpaired) electrons. The minimum absolute atomic E-state index is 0.228. The molecule has 4 aliphatic rings. The van der Waals surface area contributed by atoms with Crippen molar-refractivity contribution in [3.05, 3.63) is 24.0 Å². The molecule has 1 saturated carbocycles. The molecule has 3 unspecified atom stereocenters. The molecule has 2 aliphatic heterocycles. The zero-order chi connectivity index (χ0) is 21.6. The maximum Gasteiger partial charge on any atom is 0.104 e. The van der Waals surface area contributed by atoms with E-state index < -0.39 is 6.17 Å².